The van der Waals surface area contributed by atoms with Gasteiger partial charge < -0.3 is 10.5 Å². The monoisotopic (exact) mass is 425 g/mol. The van der Waals surface area contributed by atoms with E-state index in [9.17, 15) is 31.1 Å². The molecule has 28 heavy (non-hydrogen) atoms. The van der Waals surface area contributed by atoms with Crippen LogP contribution in [0.15, 0.2) is 41.7 Å². The second kappa shape index (κ2) is 8.05. The van der Waals surface area contributed by atoms with Gasteiger partial charge in [-0.1, -0.05) is 28.9 Å². The number of alkyl halides is 6. The minimum atomic E-state index is -4.78. The molecule has 1 aromatic carbocycles. The number of halogens is 7. The zero-order valence-corrected chi connectivity index (χ0v) is 14.3. The van der Waals surface area contributed by atoms with Crippen LogP contribution >= 0.6 is 11.6 Å². The number of benzene rings is 1. The molecule has 0 atom stereocenters. The molecule has 12 heteroatoms. The van der Waals surface area contributed by atoms with Gasteiger partial charge >= 0.3 is 12.4 Å². The van der Waals surface area contributed by atoms with Crippen molar-refractivity contribution >= 4 is 23.2 Å². The Kier molecular flexibility index (Phi) is 6.17. The van der Waals surface area contributed by atoms with Gasteiger partial charge in [0.1, 0.15) is 11.4 Å². The molecule has 0 saturated carbocycles. The van der Waals surface area contributed by atoms with Crippen molar-refractivity contribution in [1.82, 2.24) is 10.3 Å². The first-order valence-corrected chi connectivity index (χ1v) is 7.71. The highest BCUT2D eigenvalue weighted by molar-refractivity contribution is 6.34. The van der Waals surface area contributed by atoms with Crippen LogP contribution in [0.1, 0.15) is 27.2 Å². The molecule has 2 aromatic rings. The molecule has 0 aliphatic heterocycles. The van der Waals surface area contributed by atoms with E-state index in [4.69, 9.17) is 16.8 Å². The summed E-state index contributed by atoms with van der Waals surface area (Å²) < 4.78 is 76.8. The molecule has 1 aromatic heterocycles. The largest absolute Gasteiger partial charge is 0.417 e. The van der Waals surface area contributed by atoms with Gasteiger partial charge in [-0.15, -0.1) is 0 Å². The smallest absolute Gasteiger partial charge is 0.411 e. The third-order valence-corrected chi connectivity index (χ3v) is 3.74. The molecule has 5 nitrogen and oxygen atoms in total. The van der Waals surface area contributed by atoms with Crippen molar-refractivity contribution in [2.24, 2.45) is 5.16 Å². The first kappa shape index (κ1) is 21.5. The number of amides is 1. The SMILES string of the molecule is O=C(NC/C(=N\O)c1ncc(C(F)(F)F)cc1Cl)c1ccccc1C(F)(F)F. The van der Waals surface area contributed by atoms with Gasteiger partial charge in [0.2, 0.25) is 0 Å². The number of aromatic nitrogens is 1. The highest BCUT2D eigenvalue weighted by Crippen LogP contribution is 2.32. The quantitative estimate of drug-likeness (QED) is 0.330. The molecule has 0 saturated heterocycles. The Morgan fingerprint density at radius 2 is 1.79 bits per heavy atom. The van der Waals surface area contributed by atoms with Crippen LogP contribution < -0.4 is 5.32 Å². The predicted molar refractivity (Wildman–Crippen MR) is 86.3 cm³/mol. The Bertz CT molecular complexity index is 912. The molecule has 0 aliphatic rings. The topological polar surface area (TPSA) is 74.6 Å². The first-order valence-electron chi connectivity index (χ1n) is 7.33. The van der Waals surface area contributed by atoms with Crippen LogP contribution in [-0.4, -0.2) is 28.4 Å². The van der Waals surface area contributed by atoms with Crippen LogP contribution in [0.25, 0.3) is 0 Å². The van der Waals surface area contributed by atoms with Crippen LogP contribution in [0.5, 0.6) is 0 Å². The third-order valence-electron chi connectivity index (χ3n) is 3.46. The van der Waals surface area contributed by atoms with Crippen molar-refractivity contribution < 1.29 is 36.3 Å². The number of oxime groups is 1. The summed E-state index contributed by atoms with van der Waals surface area (Å²) in [6, 6.07) is 4.52. The highest BCUT2D eigenvalue weighted by Gasteiger charge is 2.35. The van der Waals surface area contributed by atoms with Gasteiger partial charge in [0.25, 0.3) is 5.91 Å². The van der Waals surface area contributed by atoms with Crippen molar-refractivity contribution in [1.29, 1.82) is 0 Å². The fourth-order valence-corrected chi connectivity index (χ4v) is 2.43. The highest BCUT2D eigenvalue weighted by atomic mass is 35.5. The number of nitrogens with zero attached hydrogens (tertiary/aromatic N) is 2. The number of carbonyl (C=O) groups is 1. The Balaban J connectivity index is 2.21. The maximum Gasteiger partial charge on any atom is 0.417 e. The minimum Gasteiger partial charge on any atom is -0.411 e. The maximum absolute atomic E-state index is 13.0. The van der Waals surface area contributed by atoms with E-state index in [0.717, 1.165) is 12.1 Å². The van der Waals surface area contributed by atoms with Crippen LogP contribution in [0.4, 0.5) is 26.3 Å². The summed E-state index contributed by atoms with van der Waals surface area (Å²) in [6.07, 6.45) is -9.05. The summed E-state index contributed by atoms with van der Waals surface area (Å²) in [4.78, 5) is 15.5. The van der Waals surface area contributed by atoms with Crippen LogP contribution in [0.3, 0.4) is 0 Å². The third kappa shape index (κ3) is 4.91. The summed E-state index contributed by atoms with van der Waals surface area (Å²) in [7, 11) is 0. The van der Waals surface area contributed by atoms with E-state index in [2.05, 4.69) is 15.5 Å². The van der Waals surface area contributed by atoms with Crippen LogP contribution in [0.2, 0.25) is 5.02 Å². The van der Waals surface area contributed by atoms with E-state index in [1.54, 1.807) is 0 Å². The molecule has 0 fully saturated rings. The molecule has 2 N–H and O–H groups in total. The van der Waals surface area contributed by atoms with Crippen molar-refractivity contribution in [3.05, 3.63) is 63.9 Å². The normalized spacial score (nSPS) is 12.8. The number of hydrogen-bond acceptors (Lipinski definition) is 4. The van der Waals surface area contributed by atoms with E-state index in [0.29, 0.717) is 18.3 Å². The lowest BCUT2D eigenvalue weighted by atomic mass is 10.1. The van der Waals surface area contributed by atoms with Gasteiger partial charge in [0.15, 0.2) is 0 Å². The minimum absolute atomic E-state index is 0.374. The lowest BCUT2D eigenvalue weighted by molar-refractivity contribution is -0.138. The summed E-state index contributed by atoms with van der Waals surface area (Å²) in [5, 5.41) is 13.4. The molecule has 0 radical (unpaired) electrons. The van der Waals surface area contributed by atoms with Gasteiger partial charge in [-0.2, -0.15) is 26.3 Å². The lowest BCUT2D eigenvalue weighted by Gasteiger charge is -2.13. The molecule has 1 amide bonds. The molecule has 0 spiro atoms. The Hall–Kier alpha value is -2.82. The van der Waals surface area contributed by atoms with E-state index in [1.165, 1.54) is 6.07 Å². The number of rotatable bonds is 4. The van der Waals surface area contributed by atoms with Crippen molar-refractivity contribution in [3.63, 3.8) is 0 Å². The average Bonchev–Trinajstić information content (AvgIpc) is 2.61. The van der Waals surface area contributed by atoms with Gasteiger partial charge in [-0.05, 0) is 18.2 Å². The lowest BCUT2D eigenvalue weighted by Crippen LogP contribution is -2.32. The molecule has 2 rings (SSSR count). The zero-order valence-electron chi connectivity index (χ0n) is 13.6. The van der Waals surface area contributed by atoms with E-state index in [1.807, 2.05) is 0 Å². The Morgan fingerprint density at radius 3 is 2.32 bits per heavy atom. The molecule has 0 unspecified atom stereocenters. The van der Waals surface area contributed by atoms with Gasteiger partial charge in [0.05, 0.1) is 28.3 Å². The van der Waals surface area contributed by atoms with Crippen LogP contribution in [-0.2, 0) is 12.4 Å². The zero-order chi connectivity index (χ0) is 21.1. The molecular weight excluding hydrogens is 416 g/mol. The molecular formula is C16H10ClF6N3O2. The number of nitrogens with one attached hydrogen (secondary N) is 1. The van der Waals surface area contributed by atoms with Crippen LogP contribution in [0, 0.1) is 0 Å². The Morgan fingerprint density at radius 1 is 1.14 bits per heavy atom. The molecule has 0 aliphatic carbocycles. The molecule has 1 heterocycles. The van der Waals surface area contributed by atoms with Crippen molar-refractivity contribution in [2.75, 3.05) is 6.54 Å². The van der Waals surface area contributed by atoms with E-state index in [-0.39, 0.29) is 5.69 Å². The van der Waals surface area contributed by atoms with E-state index < -0.39 is 52.2 Å². The average molecular weight is 426 g/mol. The predicted octanol–water partition coefficient (Wildman–Crippen LogP) is 4.38. The Labute approximate surface area is 158 Å². The number of hydrogen-bond donors (Lipinski definition) is 2. The number of carbonyl (C=O) groups excluding carboxylic acids is 1. The van der Waals surface area contributed by atoms with Crippen molar-refractivity contribution in [3.8, 4) is 0 Å². The molecule has 0 bridgehead atoms. The summed E-state index contributed by atoms with van der Waals surface area (Å²) >= 11 is 5.71. The fraction of sp³-hybridized carbons (Fsp3) is 0.188. The molecule has 150 valence electrons. The van der Waals surface area contributed by atoms with Gasteiger partial charge in [0, 0.05) is 6.20 Å². The number of pyridine rings is 1. The second-order valence-corrected chi connectivity index (χ2v) is 5.73. The van der Waals surface area contributed by atoms with Crippen molar-refractivity contribution in [2.45, 2.75) is 12.4 Å². The maximum atomic E-state index is 13.0. The standard InChI is InChI=1S/C16H10ClF6N3O2/c17-11-5-8(15(18,19)20)6-24-13(11)12(26-28)7-25-14(27)9-3-1-2-4-10(9)16(21,22)23/h1-6,28H,7H2,(H,25,27)/b26-12+. The van der Waals surface area contributed by atoms with E-state index >= 15 is 0 Å². The summed E-state index contributed by atoms with van der Waals surface area (Å²) in [5.41, 5.74) is -3.83. The summed E-state index contributed by atoms with van der Waals surface area (Å²) in [6.45, 7) is -0.639. The van der Waals surface area contributed by atoms with Gasteiger partial charge in [-0.3, -0.25) is 9.78 Å². The summed E-state index contributed by atoms with van der Waals surface area (Å²) in [5.74, 6) is -1.14. The van der Waals surface area contributed by atoms with Gasteiger partial charge in [-0.25, -0.2) is 0 Å². The first-order chi connectivity index (χ1) is 12.9. The fourth-order valence-electron chi connectivity index (χ4n) is 2.16. The second-order valence-electron chi connectivity index (χ2n) is 5.32.